The van der Waals surface area contributed by atoms with Gasteiger partial charge >= 0.3 is 0 Å². The molecule has 29 heavy (non-hydrogen) atoms. The molecule has 0 saturated heterocycles. The molecule has 1 N–H and O–H groups in total. The number of nitrogens with one attached hydrogen (secondary N) is 1. The van der Waals surface area contributed by atoms with Crippen LogP contribution in [-0.4, -0.2) is 33.4 Å². The van der Waals surface area contributed by atoms with Crippen molar-refractivity contribution >= 4 is 28.8 Å². The van der Waals surface area contributed by atoms with Crippen LogP contribution in [-0.2, 0) is 6.54 Å². The van der Waals surface area contributed by atoms with E-state index in [0.29, 0.717) is 22.6 Å². The fourth-order valence-corrected chi connectivity index (χ4v) is 3.22. The molecule has 4 rings (SSSR count). The van der Waals surface area contributed by atoms with Gasteiger partial charge in [-0.05, 0) is 38.1 Å². The van der Waals surface area contributed by atoms with Crippen LogP contribution in [0.1, 0.15) is 28.7 Å². The maximum Gasteiger partial charge on any atom is 0.282 e. The zero-order valence-corrected chi connectivity index (χ0v) is 15.7. The summed E-state index contributed by atoms with van der Waals surface area (Å²) in [5, 5.41) is 15.1. The van der Waals surface area contributed by atoms with Crippen molar-refractivity contribution in [3.63, 3.8) is 0 Å². The second kappa shape index (κ2) is 7.23. The molecule has 0 aliphatic carbocycles. The number of hydrogen-bond donors (Lipinski definition) is 1. The number of hydrogen-bond acceptors (Lipinski definition) is 7. The van der Waals surface area contributed by atoms with Crippen LogP contribution in [0.2, 0.25) is 0 Å². The number of benzene rings is 2. The van der Waals surface area contributed by atoms with Gasteiger partial charge in [0, 0.05) is 12.1 Å². The Morgan fingerprint density at radius 1 is 1.34 bits per heavy atom. The highest BCUT2D eigenvalue weighted by Crippen LogP contribution is 2.37. The van der Waals surface area contributed by atoms with E-state index in [1.807, 2.05) is 24.5 Å². The molecule has 1 aliphatic rings. The number of imidazole rings is 1. The first-order chi connectivity index (χ1) is 14.0. The molecular weight excluding hydrogens is 378 g/mol. The van der Waals surface area contributed by atoms with E-state index in [-0.39, 0.29) is 18.0 Å². The minimum atomic E-state index is -0.550. The Morgan fingerprint density at radius 3 is 2.83 bits per heavy atom. The summed E-state index contributed by atoms with van der Waals surface area (Å²) < 4.78 is 12.4. The fraction of sp³-hybridized carbons (Fsp3) is 0.211. The number of aromatic nitrogens is 2. The van der Waals surface area contributed by atoms with E-state index in [1.165, 1.54) is 18.3 Å². The van der Waals surface area contributed by atoms with Gasteiger partial charge < -0.3 is 14.0 Å². The zero-order valence-electron chi connectivity index (χ0n) is 15.7. The maximum absolute atomic E-state index is 12.4. The molecule has 1 aromatic heterocycles. The molecule has 0 saturated carbocycles. The number of carbonyl (C=O) groups excluding carboxylic acids is 1. The van der Waals surface area contributed by atoms with Gasteiger partial charge in [-0.15, -0.1) is 0 Å². The average Bonchev–Trinajstić information content (AvgIpc) is 3.28. The van der Waals surface area contributed by atoms with Crippen LogP contribution in [0.5, 0.6) is 11.5 Å². The van der Waals surface area contributed by atoms with Crippen LogP contribution in [0.4, 0.5) is 5.69 Å². The van der Waals surface area contributed by atoms with E-state index in [0.717, 1.165) is 17.9 Å². The lowest BCUT2D eigenvalue weighted by Gasteiger charge is -2.03. The van der Waals surface area contributed by atoms with Crippen molar-refractivity contribution in [1.82, 2.24) is 15.0 Å². The quantitative estimate of drug-likeness (QED) is 0.403. The normalized spacial score (nSPS) is 12.6. The number of carbonyl (C=O) groups is 1. The number of aryl methyl sites for hydroxylation is 2. The molecule has 3 aromatic rings. The van der Waals surface area contributed by atoms with Gasteiger partial charge in [-0.1, -0.05) is 0 Å². The largest absolute Gasteiger partial charge is 0.454 e. The van der Waals surface area contributed by atoms with E-state index in [2.05, 4.69) is 15.5 Å². The molecule has 10 nitrogen and oxygen atoms in total. The molecule has 1 aliphatic heterocycles. The Kier molecular flexibility index (Phi) is 4.59. The summed E-state index contributed by atoms with van der Waals surface area (Å²) in [5.41, 5.74) is 4.42. The maximum atomic E-state index is 12.4. The predicted molar refractivity (Wildman–Crippen MR) is 104 cm³/mol. The Labute approximate surface area is 164 Å². The van der Waals surface area contributed by atoms with Gasteiger partial charge in [-0.2, -0.15) is 5.10 Å². The summed E-state index contributed by atoms with van der Waals surface area (Å²) in [7, 11) is 0. The average molecular weight is 395 g/mol. The summed E-state index contributed by atoms with van der Waals surface area (Å²) in [6.45, 7) is 4.72. The minimum absolute atomic E-state index is 0.000432. The van der Waals surface area contributed by atoms with Crippen molar-refractivity contribution in [3.05, 3.63) is 57.4 Å². The molecule has 0 atom stereocenters. The van der Waals surface area contributed by atoms with Gasteiger partial charge in [-0.25, -0.2) is 10.4 Å². The second-order valence-corrected chi connectivity index (χ2v) is 6.33. The molecule has 10 heteroatoms. The molecule has 1 amide bonds. The SMILES string of the molecule is CCn1c(C)nc2cc(C(=O)NN=Cc3cc4c(cc3[N+](=O)[O-])OCO4)ccc21. The summed E-state index contributed by atoms with van der Waals surface area (Å²) in [6.07, 6.45) is 1.20. The summed E-state index contributed by atoms with van der Waals surface area (Å²) in [6, 6.07) is 7.92. The minimum Gasteiger partial charge on any atom is -0.454 e. The Hall–Kier alpha value is -3.95. The van der Waals surface area contributed by atoms with Crippen molar-refractivity contribution in [2.75, 3.05) is 6.79 Å². The molecular formula is C19H17N5O5. The summed E-state index contributed by atoms with van der Waals surface area (Å²) >= 11 is 0. The summed E-state index contributed by atoms with van der Waals surface area (Å²) in [5.74, 6) is 1.10. The summed E-state index contributed by atoms with van der Waals surface area (Å²) in [4.78, 5) is 27.6. The molecule has 148 valence electrons. The van der Waals surface area contributed by atoms with Crippen LogP contribution in [0.15, 0.2) is 35.4 Å². The van der Waals surface area contributed by atoms with Gasteiger partial charge in [-0.3, -0.25) is 14.9 Å². The lowest BCUT2D eigenvalue weighted by molar-refractivity contribution is -0.385. The lowest BCUT2D eigenvalue weighted by atomic mass is 10.1. The molecule has 0 bridgehead atoms. The second-order valence-electron chi connectivity index (χ2n) is 6.33. The highest BCUT2D eigenvalue weighted by atomic mass is 16.7. The number of ether oxygens (including phenoxy) is 2. The Morgan fingerprint density at radius 2 is 2.10 bits per heavy atom. The van der Waals surface area contributed by atoms with Crippen LogP contribution in [0.25, 0.3) is 11.0 Å². The van der Waals surface area contributed by atoms with Gasteiger partial charge in [0.15, 0.2) is 11.5 Å². The van der Waals surface area contributed by atoms with Crippen molar-refractivity contribution in [3.8, 4) is 11.5 Å². The Balaban J connectivity index is 1.55. The number of nitro benzene ring substituents is 1. The van der Waals surface area contributed by atoms with Crippen LogP contribution >= 0.6 is 0 Å². The third kappa shape index (κ3) is 3.35. The van der Waals surface area contributed by atoms with Gasteiger partial charge in [0.1, 0.15) is 5.82 Å². The third-order valence-electron chi connectivity index (χ3n) is 4.61. The predicted octanol–water partition coefficient (Wildman–Crippen LogP) is 2.77. The van der Waals surface area contributed by atoms with Crippen molar-refractivity contribution in [2.45, 2.75) is 20.4 Å². The molecule has 2 aromatic carbocycles. The molecule has 0 unspecified atom stereocenters. The fourth-order valence-electron chi connectivity index (χ4n) is 3.22. The van der Waals surface area contributed by atoms with Crippen LogP contribution in [0.3, 0.4) is 0 Å². The molecule has 0 radical (unpaired) electrons. The molecule has 2 heterocycles. The number of fused-ring (bicyclic) bond motifs is 2. The van der Waals surface area contributed by atoms with E-state index >= 15 is 0 Å². The highest BCUT2D eigenvalue weighted by molar-refractivity contribution is 5.98. The van der Waals surface area contributed by atoms with Crippen LogP contribution in [0, 0.1) is 17.0 Å². The first-order valence-electron chi connectivity index (χ1n) is 8.86. The highest BCUT2D eigenvalue weighted by Gasteiger charge is 2.22. The van der Waals surface area contributed by atoms with Crippen molar-refractivity contribution in [2.24, 2.45) is 5.10 Å². The first kappa shape index (κ1) is 18.4. The monoisotopic (exact) mass is 395 g/mol. The number of rotatable bonds is 5. The van der Waals surface area contributed by atoms with Crippen molar-refractivity contribution in [1.29, 1.82) is 0 Å². The number of nitro groups is 1. The number of hydrazone groups is 1. The number of nitrogens with zero attached hydrogens (tertiary/aromatic N) is 4. The van der Waals surface area contributed by atoms with Crippen molar-refractivity contribution < 1.29 is 19.2 Å². The van der Waals surface area contributed by atoms with E-state index in [9.17, 15) is 14.9 Å². The van der Waals surface area contributed by atoms with Gasteiger partial charge in [0.25, 0.3) is 11.6 Å². The zero-order chi connectivity index (χ0) is 20.5. The molecule has 0 spiro atoms. The first-order valence-corrected chi connectivity index (χ1v) is 8.86. The molecule has 0 fully saturated rings. The standard InChI is InChI=1S/C19H17N5O5/c1-3-23-11(2)21-14-6-12(4-5-15(14)23)19(25)22-20-9-13-7-17-18(29-10-28-17)8-16(13)24(26)27/h4-9H,3,10H2,1-2H3,(H,22,25). The third-order valence-corrected chi connectivity index (χ3v) is 4.61. The smallest absolute Gasteiger partial charge is 0.282 e. The van der Waals surface area contributed by atoms with E-state index in [4.69, 9.17) is 9.47 Å². The Bertz CT molecular complexity index is 1170. The van der Waals surface area contributed by atoms with Crippen LogP contribution < -0.4 is 14.9 Å². The van der Waals surface area contributed by atoms with E-state index in [1.54, 1.807) is 12.1 Å². The lowest BCUT2D eigenvalue weighted by Crippen LogP contribution is -2.17. The van der Waals surface area contributed by atoms with E-state index < -0.39 is 10.8 Å². The topological polar surface area (TPSA) is 121 Å². The van der Waals surface area contributed by atoms with Gasteiger partial charge in [0.2, 0.25) is 6.79 Å². The van der Waals surface area contributed by atoms with Gasteiger partial charge in [0.05, 0.1) is 33.8 Å². The number of amides is 1.